The van der Waals surface area contributed by atoms with Gasteiger partial charge in [-0.2, -0.15) is 0 Å². The minimum atomic E-state index is -4.72. The van der Waals surface area contributed by atoms with E-state index in [1.54, 1.807) is 12.1 Å². The lowest BCUT2D eigenvalue weighted by molar-refractivity contribution is -0.274. The van der Waals surface area contributed by atoms with Crippen LogP contribution in [0.5, 0.6) is 5.75 Å². The second-order valence-corrected chi connectivity index (χ2v) is 4.88. The summed E-state index contributed by atoms with van der Waals surface area (Å²) in [6, 6.07) is 10.0. The molecule has 0 saturated carbocycles. The summed E-state index contributed by atoms with van der Waals surface area (Å²) in [6.45, 7) is 0.315. The molecule has 0 aliphatic heterocycles. The summed E-state index contributed by atoms with van der Waals surface area (Å²) in [5.74, 6) is -0.755. The van der Waals surface area contributed by atoms with Crippen LogP contribution in [0.2, 0.25) is 0 Å². The highest BCUT2D eigenvalue weighted by Gasteiger charge is 2.31. The molecule has 2 rings (SSSR count). The van der Waals surface area contributed by atoms with Crippen molar-refractivity contribution in [2.75, 3.05) is 0 Å². The van der Waals surface area contributed by atoms with E-state index in [-0.39, 0.29) is 11.3 Å². The van der Waals surface area contributed by atoms with Crippen molar-refractivity contribution in [3.8, 4) is 5.75 Å². The number of alkyl halides is 3. The first-order valence-electron chi connectivity index (χ1n) is 6.81. The predicted molar refractivity (Wildman–Crippen MR) is 76.0 cm³/mol. The summed E-state index contributed by atoms with van der Waals surface area (Å²) in [7, 11) is 0. The third kappa shape index (κ3) is 5.54. The average molecular weight is 329 g/mol. The first-order valence-corrected chi connectivity index (χ1v) is 6.81. The van der Waals surface area contributed by atoms with Gasteiger partial charge in [0.05, 0.1) is 6.61 Å². The smallest absolute Gasteiger partial charge is 0.406 e. The molecule has 0 amide bonds. The van der Waals surface area contributed by atoms with Gasteiger partial charge in [-0.05, 0) is 35.4 Å². The second-order valence-electron chi connectivity index (χ2n) is 4.88. The van der Waals surface area contributed by atoms with Gasteiger partial charge in [-0.1, -0.05) is 18.2 Å². The van der Waals surface area contributed by atoms with Crippen molar-refractivity contribution in [1.29, 1.82) is 0 Å². The molecule has 124 valence electrons. The van der Waals surface area contributed by atoms with Crippen molar-refractivity contribution in [2.24, 2.45) is 0 Å². The minimum absolute atomic E-state index is 0.199. The van der Waals surface area contributed by atoms with Crippen LogP contribution in [0.25, 0.3) is 0 Å². The van der Waals surface area contributed by atoms with Gasteiger partial charge >= 0.3 is 6.36 Å². The SMILES string of the molecule is OCc1cc(CNCc2cccc(OC(F)(F)F)c2)ccc1F. The molecule has 0 atom stereocenters. The van der Waals surface area contributed by atoms with Gasteiger partial charge in [-0.3, -0.25) is 0 Å². The molecule has 0 aliphatic carbocycles. The van der Waals surface area contributed by atoms with Crippen LogP contribution >= 0.6 is 0 Å². The van der Waals surface area contributed by atoms with Crippen molar-refractivity contribution in [3.63, 3.8) is 0 Å². The fourth-order valence-corrected chi connectivity index (χ4v) is 2.06. The van der Waals surface area contributed by atoms with Crippen LogP contribution in [-0.2, 0) is 19.7 Å². The van der Waals surface area contributed by atoms with Crippen molar-refractivity contribution in [1.82, 2.24) is 5.32 Å². The maximum absolute atomic E-state index is 13.3. The summed E-state index contributed by atoms with van der Waals surface area (Å²) < 4.78 is 53.6. The number of benzene rings is 2. The lowest BCUT2D eigenvalue weighted by atomic mass is 10.1. The van der Waals surface area contributed by atoms with Crippen molar-refractivity contribution in [2.45, 2.75) is 26.1 Å². The van der Waals surface area contributed by atoms with E-state index in [9.17, 15) is 17.6 Å². The Morgan fingerprint density at radius 2 is 1.70 bits per heavy atom. The van der Waals surface area contributed by atoms with Gasteiger partial charge in [0.25, 0.3) is 0 Å². The van der Waals surface area contributed by atoms with E-state index in [0.717, 1.165) is 5.56 Å². The number of aliphatic hydroxyl groups excluding tert-OH is 1. The highest BCUT2D eigenvalue weighted by atomic mass is 19.4. The Balaban J connectivity index is 1.92. The molecule has 23 heavy (non-hydrogen) atoms. The monoisotopic (exact) mass is 329 g/mol. The number of aliphatic hydroxyl groups is 1. The summed E-state index contributed by atoms with van der Waals surface area (Å²) >= 11 is 0. The van der Waals surface area contributed by atoms with Crippen LogP contribution in [-0.4, -0.2) is 11.5 Å². The van der Waals surface area contributed by atoms with Gasteiger partial charge in [0.2, 0.25) is 0 Å². The third-order valence-corrected chi connectivity index (χ3v) is 3.07. The molecular formula is C16H15F4NO2. The van der Waals surface area contributed by atoms with Crippen molar-refractivity contribution < 1.29 is 27.4 Å². The van der Waals surface area contributed by atoms with E-state index in [1.165, 1.54) is 30.3 Å². The van der Waals surface area contributed by atoms with Gasteiger partial charge in [0.1, 0.15) is 11.6 Å². The number of rotatable bonds is 6. The number of nitrogens with one attached hydrogen (secondary N) is 1. The van der Waals surface area contributed by atoms with Crippen LogP contribution in [0.1, 0.15) is 16.7 Å². The van der Waals surface area contributed by atoms with Crippen LogP contribution in [0.4, 0.5) is 17.6 Å². The van der Waals surface area contributed by atoms with Crippen molar-refractivity contribution in [3.05, 3.63) is 65.0 Å². The molecule has 0 radical (unpaired) electrons. The van der Waals surface area contributed by atoms with E-state index < -0.39 is 18.8 Å². The fourth-order valence-electron chi connectivity index (χ4n) is 2.06. The van der Waals surface area contributed by atoms with E-state index >= 15 is 0 Å². The Morgan fingerprint density at radius 3 is 2.35 bits per heavy atom. The zero-order valence-electron chi connectivity index (χ0n) is 12.0. The topological polar surface area (TPSA) is 41.5 Å². The molecule has 3 nitrogen and oxygen atoms in total. The Morgan fingerprint density at radius 1 is 1.00 bits per heavy atom. The largest absolute Gasteiger partial charge is 0.573 e. The van der Waals surface area contributed by atoms with E-state index in [4.69, 9.17) is 5.11 Å². The third-order valence-electron chi connectivity index (χ3n) is 3.07. The molecule has 0 bridgehead atoms. The van der Waals surface area contributed by atoms with Gasteiger partial charge in [0, 0.05) is 18.7 Å². The first kappa shape index (κ1) is 17.2. The zero-order valence-corrected chi connectivity index (χ0v) is 12.0. The Labute approximate surface area is 130 Å². The maximum atomic E-state index is 13.3. The molecule has 0 saturated heterocycles. The van der Waals surface area contributed by atoms with E-state index in [0.29, 0.717) is 18.7 Å². The van der Waals surface area contributed by atoms with E-state index in [2.05, 4.69) is 10.1 Å². The lowest BCUT2D eigenvalue weighted by Gasteiger charge is -2.11. The standard InChI is InChI=1S/C16H15F4NO2/c17-15-5-4-12(6-13(15)10-22)9-21-8-11-2-1-3-14(7-11)23-16(18,19)20/h1-7,21-22H,8-10H2. The van der Waals surface area contributed by atoms with Gasteiger partial charge in [0.15, 0.2) is 0 Å². The summed E-state index contributed by atoms with van der Waals surface area (Å²) in [6.07, 6.45) is -4.72. The average Bonchev–Trinajstić information content (AvgIpc) is 2.47. The van der Waals surface area contributed by atoms with Crippen LogP contribution in [0, 0.1) is 5.82 Å². The quantitative estimate of drug-likeness (QED) is 0.797. The minimum Gasteiger partial charge on any atom is -0.406 e. The molecular weight excluding hydrogens is 314 g/mol. The molecule has 2 aromatic carbocycles. The van der Waals surface area contributed by atoms with Gasteiger partial charge < -0.3 is 15.2 Å². The summed E-state index contributed by atoms with van der Waals surface area (Å²) in [5.41, 5.74) is 1.58. The number of halogens is 4. The molecule has 0 heterocycles. The molecule has 0 aliphatic rings. The van der Waals surface area contributed by atoms with Gasteiger partial charge in [-0.15, -0.1) is 13.2 Å². The summed E-state index contributed by atoms with van der Waals surface area (Å²) in [5, 5.41) is 12.0. The Kier molecular flexibility index (Phi) is 5.57. The normalized spacial score (nSPS) is 11.5. The molecule has 0 fully saturated rings. The molecule has 0 aromatic heterocycles. The first-order chi connectivity index (χ1) is 10.9. The van der Waals surface area contributed by atoms with E-state index in [1.807, 2.05) is 0 Å². The predicted octanol–water partition coefficient (Wildman–Crippen LogP) is 3.51. The zero-order chi connectivity index (χ0) is 16.9. The Hall–Kier alpha value is -2.12. The lowest BCUT2D eigenvalue weighted by Crippen LogP contribution is -2.17. The molecule has 7 heteroatoms. The molecule has 2 N–H and O–H groups in total. The van der Waals surface area contributed by atoms with Crippen LogP contribution in [0.3, 0.4) is 0 Å². The van der Waals surface area contributed by atoms with Crippen LogP contribution in [0.15, 0.2) is 42.5 Å². The highest BCUT2D eigenvalue weighted by Crippen LogP contribution is 2.23. The Bertz CT molecular complexity index is 659. The second kappa shape index (κ2) is 7.43. The molecule has 0 spiro atoms. The number of hydrogen-bond donors (Lipinski definition) is 2. The number of hydrogen-bond acceptors (Lipinski definition) is 3. The fraction of sp³-hybridized carbons (Fsp3) is 0.250. The summed E-state index contributed by atoms with van der Waals surface area (Å²) in [4.78, 5) is 0. The van der Waals surface area contributed by atoms with Gasteiger partial charge in [-0.25, -0.2) is 4.39 Å². The molecule has 2 aromatic rings. The van der Waals surface area contributed by atoms with Crippen LogP contribution < -0.4 is 10.1 Å². The molecule has 0 unspecified atom stereocenters. The van der Waals surface area contributed by atoms with Crippen molar-refractivity contribution >= 4 is 0 Å². The maximum Gasteiger partial charge on any atom is 0.573 e. The number of ether oxygens (including phenoxy) is 1. The highest BCUT2D eigenvalue weighted by molar-refractivity contribution is 5.29.